The van der Waals surface area contributed by atoms with Crippen LogP contribution >= 0.6 is 0 Å². The van der Waals surface area contributed by atoms with Gasteiger partial charge in [-0.3, -0.25) is 9.59 Å². The van der Waals surface area contributed by atoms with Crippen LogP contribution in [-0.2, 0) is 20.9 Å². The van der Waals surface area contributed by atoms with Crippen molar-refractivity contribution in [3.8, 4) is 0 Å². The zero-order chi connectivity index (χ0) is 15.0. The number of fused-ring (bicyclic) bond motifs is 1. The van der Waals surface area contributed by atoms with E-state index in [1.54, 1.807) is 11.8 Å². The zero-order valence-corrected chi connectivity index (χ0v) is 12.3. The van der Waals surface area contributed by atoms with Gasteiger partial charge in [0.2, 0.25) is 5.91 Å². The fourth-order valence-corrected chi connectivity index (χ4v) is 2.92. The van der Waals surface area contributed by atoms with E-state index in [0.717, 1.165) is 24.1 Å². The van der Waals surface area contributed by atoms with Gasteiger partial charge in [-0.1, -0.05) is 18.2 Å². The first-order chi connectivity index (χ1) is 10.1. The van der Waals surface area contributed by atoms with Gasteiger partial charge in [-0.25, -0.2) is 0 Å². The van der Waals surface area contributed by atoms with Crippen molar-refractivity contribution in [1.29, 1.82) is 0 Å². The number of para-hydroxylation sites is 1. The van der Waals surface area contributed by atoms with E-state index in [9.17, 15) is 9.59 Å². The van der Waals surface area contributed by atoms with Gasteiger partial charge in [-0.2, -0.15) is 0 Å². The van der Waals surface area contributed by atoms with E-state index in [2.05, 4.69) is 5.32 Å². The van der Waals surface area contributed by atoms with Crippen molar-refractivity contribution >= 4 is 17.5 Å². The summed E-state index contributed by atoms with van der Waals surface area (Å²) in [7, 11) is 0. The number of carbonyl (C=O) groups is 2. The van der Waals surface area contributed by atoms with Crippen molar-refractivity contribution in [2.75, 3.05) is 5.32 Å². The van der Waals surface area contributed by atoms with Gasteiger partial charge in [0.15, 0.2) is 0 Å². The molecule has 3 atom stereocenters. The lowest BCUT2D eigenvalue weighted by molar-refractivity contribution is -0.148. The first kappa shape index (κ1) is 14.1. The number of carbonyl (C=O) groups excluding carboxylic acids is 2. The van der Waals surface area contributed by atoms with Gasteiger partial charge >= 0.3 is 0 Å². The largest absolute Gasteiger partial charge is 0.365 e. The molecule has 3 unspecified atom stereocenters. The Morgan fingerprint density at radius 3 is 2.76 bits per heavy atom. The van der Waals surface area contributed by atoms with Gasteiger partial charge in [-0.05, 0) is 38.3 Å². The molecule has 5 nitrogen and oxygen atoms in total. The smallest absolute Gasteiger partial charge is 0.252 e. The lowest BCUT2D eigenvalue weighted by Crippen LogP contribution is -2.47. The SMILES string of the molecule is CC1CCC(C(=O)N2Cc3ccccc3NC(=O)C2C)O1. The number of nitrogens with zero attached hydrogens (tertiary/aromatic N) is 1. The molecule has 0 aliphatic carbocycles. The van der Waals surface area contributed by atoms with Crippen LogP contribution in [0.2, 0.25) is 0 Å². The highest BCUT2D eigenvalue weighted by Gasteiger charge is 2.37. The summed E-state index contributed by atoms with van der Waals surface area (Å²) in [5, 5.41) is 2.88. The van der Waals surface area contributed by atoms with Gasteiger partial charge < -0.3 is 15.0 Å². The average Bonchev–Trinajstić information content (AvgIpc) is 2.86. The number of hydrogen-bond donors (Lipinski definition) is 1. The van der Waals surface area contributed by atoms with Crippen LogP contribution in [-0.4, -0.2) is 35.0 Å². The Hall–Kier alpha value is -1.88. The zero-order valence-electron chi connectivity index (χ0n) is 12.3. The lowest BCUT2D eigenvalue weighted by atomic mass is 10.1. The van der Waals surface area contributed by atoms with Crippen molar-refractivity contribution in [1.82, 2.24) is 4.90 Å². The third kappa shape index (κ3) is 2.65. The summed E-state index contributed by atoms with van der Waals surface area (Å²) < 4.78 is 5.67. The summed E-state index contributed by atoms with van der Waals surface area (Å²) >= 11 is 0. The van der Waals surface area contributed by atoms with Crippen LogP contribution in [0.1, 0.15) is 32.3 Å². The van der Waals surface area contributed by atoms with Crippen molar-refractivity contribution in [3.05, 3.63) is 29.8 Å². The summed E-state index contributed by atoms with van der Waals surface area (Å²) in [5.41, 5.74) is 1.74. The van der Waals surface area contributed by atoms with Gasteiger partial charge in [0.25, 0.3) is 5.91 Å². The Kier molecular flexibility index (Phi) is 3.68. The molecular formula is C16H20N2O3. The molecule has 1 fully saturated rings. The van der Waals surface area contributed by atoms with E-state index < -0.39 is 12.1 Å². The van der Waals surface area contributed by atoms with Crippen molar-refractivity contribution in [3.63, 3.8) is 0 Å². The quantitative estimate of drug-likeness (QED) is 0.859. The minimum atomic E-state index is -0.496. The second-order valence-corrected chi connectivity index (χ2v) is 5.80. The number of amides is 2. The Labute approximate surface area is 124 Å². The molecule has 2 aliphatic rings. The highest BCUT2D eigenvalue weighted by atomic mass is 16.5. The Morgan fingerprint density at radius 2 is 2.05 bits per heavy atom. The first-order valence-corrected chi connectivity index (χ1v) is 7.41. The van der Waals surface area contributed by atoms with Crippen molar-refractivity contribution in [2.24, 2.45) is 0 Å². The molecule has 2 heterocycles. The van der Waals surface area contributed by atoms with E-state index >= 15 is 0 Å². The van der Waals surface area contributed by atoms with Crippen LogP contribution in [0, 0.1) is 0 Å². The molecule has 1 saturated heterocycles. The molecule has 112 valence electrons. The van der Waals surface area contributed by atoms with Crippen LogP contribution in [0.25, 0.3) is 0 Å². The molecule has 2 aliphatic heterocycles. The molecule has 1 N–H and O–H groups in total. The molecule has 5 heteroatoms. The second-order valence-electron chi connectivity index (χ2n) is 5.80. The third-order valence-electron chi connectivity index (χ3n) is 4.25. The summed E-state index contributed by atoms with van der Waals surface area (Å²) in [6.45, 7) is 4.17. The number of anilines is 1. The van der Waals surface area contributed by atoms with Gasteiger partial charge in [-0.15, -0.1) is 0 Å². The Morgan fingerprint density at radius 1 is 1.29 bits per heavy atom. The fourth-order valence-electron chi connectivity index (χ4n) is 2.92. The second kappa shape index (κ2) is 5.48. The number of benzene rings is 1. The highest BCUT2D eigenvalue weighted by Crippen LogP contribution is 2.27. The Bertz CT molecular complexity index is 572. The molecule has 0 saturated carbocycles. The van der Waals surface area contributed by atoms with E-state index in [4.69, 9.17) is 4.74 Å². The molecule has 21 heavy (non-hydrogen) atoms. The molecular weight excluding hydrogens is 268 g/mol. The van der Waals surface area contributed by atoms with Crippen LogP contribution < -0.4 is 5.32 Å². The standard InChI is InChI=1S/C16H20N2O3/c1-10-7-8-14(21-10)16(20)18-9-12-5-3-4-6-13(12)17-15(19)11(18)2/h3-6,10-11,14H,7-9H2,1-2H3,(H,17,19). The molecule has 2 amide bonds. The minimum Gasteiger partial charge on any atom is -0.365 e. The number of nitrogens with one attached hydrogen (secondary N) is 1. The average molecular weight is 288 g/mol. The topological polar surface area (TPSA) is 58.6 Å². The predicted molar refractivity (Wildman–Crippen MR) is 78.7 cm³/mol. The Balaban J connectivity index is 1.87. The maximum absolute atomic E-state index is 12.7. The lowest BCUT2D eigenvalue weighted by Gasteiger charge is -2.28. The molecule has 0 aromatic heterocycles. The minimum absolute atomic E-state index is 0.0845. The molecule has 0 spiro atoms. The maximum atomic E-state index is 12.7. The highest BCUT2D eigenvalue weighted by molar-refractivity contribution is 5.99. The summed E-state index contributed by atoms with van der Waals surface area (Å²) in [5.74, 6) is -0.238. The summed E-state index contributed by atoms with van der Waals surface area (Å²) in [4.78, 5) is 26.5. The molecule has 1 aromatic carbocycles. The third-order valence-corrected chi connectivity index (χ3v) is 4.25. The number of ether oxygens (including phenoxy) is 1. The van der Waals surface area contributed by atoms with E-state index in [1.165, 1.54) is 0 Å². The molecule has 0 radical (unpaired) electrons. The van der Waals surface area contributed by atoms with Gasteiger partial charge in [0.05, 0.1) is 6.10 Å². The van der Waals surface area contributed by atoms with Gasteiger partial charge in [0, 0.05) is 12.2 Å². The summed E-state index contributed by atoms with van der Waals surface area (Å²) in [6, 6.07) is 7.10. The molecule has 1 aromatic rings. The first-order valence-electron chi connectivity index (χ1n) is 7.41. The van der Waals surface area contributed by atoms with Crippen molar-refractivity contribution in [2.45, 2.75) is 51.5 Å². The van der Waals surface area contributed by atoms with Crippen LogP contribution in [0.15, 0.2) is 24.3 Å². The fraction of sp³-hybridized carbons (Fsp3) is 0.500. The normalized spacial score (nSPS) is 28.8. The molecule has 3 rings (SSSR count). The number of rotatable bonds is 1. The monoisotopic (exact) mass is 288 g/mol. The van der Waals surface area contributed by atoms with E-state index in [-0.39, 0.29) is 17.9 Å². The molecule has 0 bridgehead atoms. The predicted octanol–water partition coefficient (Wildman–Crippen LogP) is 1.92. The maximum Gasteiger partial charge on any atom is 0.252 e. The summed E-state index contributed by atoms with van der Waals surface area (Å²) in [6.07, 6.45) is 1.32. The van der Waals surface area contributed by atoms with E-state index in [0.29, 0.717) is 6.54 Å². The van der Waals surface area contributed by atoms with Crippen LogP contribution in [0.5, 0.6) is 0 Å². The van der Waals surface area contributed by atoms with Crippen LogP contribution in [0.3, 0.4) is 0 Å². The van der Waals surface area contributed by atoms with Crippen molar-refractivity contribution < 1.29 is 14.3 Å². The van der Waals surface area contributed by atoms with Gasteiger partial charge in [0.1, 0.15) is 12.1 Å². The van der Waals surface area contributed by atoms with E-state index in [1.807, 2.05) is 31.2 Å². The van der Waals surface area contributed by atoms with Crippen LogP contribution in [0.4, 0.5) is 5.69 Å². The number of hydrogen-bond acceptors (Lipinski definition) is 3.